The molecule has 0 radical (unpaired) electrons. The lowest BCUT2D eigenvalue weighted by Gasteiger charge is -2.31. The summed E-state index contributed by atoms with van der Waals surface area (Å²) >= 11 is 12.0. The third-order valence-electron chi connectivity index (χ3n) is 6.22. The van der Waals surface area contributed by atoms with Gasteiger partial charge in [-0.3, -0.25) is 29.3 Å². The van der Waals surface area contributed by atoms with Gasteiger partial charge in [-0.2, -0.15) is 0 Å². The number of carboxylic acid groups (broad SMARTS) is 1. The summed E-state index contributed by atoms with van der Waals surface area (Å²) in [5.74, 6) is -3.10. The Morgan fingerprint density at radius 2 is 1.76 bits per heavy atom. The van der Waals surface area contributed by atoms with Gasteiger partial charge in [0.1, 0.15) is 0 Å². The molecule has 2 fully saturated rings. The van der Waals surface area contributed by atoms with Crippen LogP contribution in [0.25, 0.3) is 0 Å². The second kappa shape index (κ2) is 10.7. The number of nitrogens with zero attached hydrogens (tertiary/aromatic N) is 3. The smallest absolute Gasteiger partial charge is 0.305 e. The zero-order valence-corrected chi connectivity index (χ0v) is 20.8. The van der Waals surface area contributed by atoms with E-state index in [1.807, 2.05) is 0 Å². The fourth-order valence-corrected chi connectivity index (χ4v) is 4.54. The number of halogens is 2. The van der Waals surface area contributed by atoms with Gasteiger partial charge in [-0.05, 0) is 36.6 Å². The molecule has 13 heteroatoms. The zero-order chi connectivity index (χ0) is 26.9. The number of non-ortho nitro benzene ring substituents is 1. The Bertz CT molecular complexity index is 1280. The Kier molecular flexibility index (Phi) is 7.65. The van der Waals surface area contributed by atoms with Crippen molar-refractivity contribution >= 4 is 52.6 Å². The number of carbonyl (C=O) groups is 4. The molecule has 2 aromatic carbocycles. The number of nitro benzene ring substituents is 1. The molecule has 11 nitrogen and oxygen atoms in total. The number of carboxylic acids is 1. The molecule has 37 heavy (non-hydrogen) atoms. The van der Waals surface area contributed by atoms with Crippen molar-refractivity contribution < 1.29 is 29.2 Å². The monoisotopic (exact) mass is 548 g/mol. The van der Waals surface area contributed by atoms with Crippen LogP contribution in [0.15, 0.2) is 42.5 Å². The molecule has 0 spiro atoms. The maximum Gasteiger partial charge on any atom is 0.305 e. The molecule has 1 saturated heterocycles. The highest BCUT2D eigenvalue weighted by atomic mass is 35.5. The summed E-state index contributed by atoms with van der Waals surface area (Å²) in [6.45, 7) is 0.177. The molecule has 1 aliphatic carbocycles. The van der Waals surface area contributed by atoms with E-state index in [4.69, 9.17) is 23.2 Å². The maximum absolute atomic E-state index is 13.6. The van der Waals surface area contributed by atoms with Crippen LogP contribution >= 0.6 is 23.2 Å². The van der Waals surface area contributed by atoms with Crippen molar-refractivity contribution in [3.63, 3.8) is 0 Å². The minimum Gasteiger partial charge on any atom is -0.481 e. The molecule has 2 atom stereocenters. The van der Waals surface area contributed by atoms with Crippen LogP contribution in [0.2, 0.25) is 10.0 Å². The van der Waals surface area contributed by atoms with Crippen molar-refractivity contribution in [3.8, 4) is 0 Å². The molecule has 4 rings (SSSR count). The largest absolute Gasteiger partial charge is 0.481 e. The highest BCUT2D eigenvalue weighted by Gasteiger charge is 2.47. The first-order chi connectivity index (χ1) is 17.6. The fourth-order valence-electron chi connectivity index (χ4n) is 4.24. The number of hydrogen-bond acceptors (Lipinski definition) is 6. The van der Waals surface area contributed by atoms with Gasteiger partial charge in [0, 0.05) is 36.7 Å². The highest BCUT2D eigenvalue weighted by Crippen LogP contribution is 2.34. The van der Waals surface area contributed by atoms with Gasteiger partial charge in [0.05, 0.1) is 27.4 Å². The Hall–Kier alpha value is -3.70. The summed E-state index contributed by atoms with van der Waals surface area (Å²) in [6.07, 6.45) is -0.554. The Morgan fingerprint density at radius 3 is 2.38 bits per heavy atom. The molecule has 0 aromatic heterocycles. The van der Waals surface area contributed by atoms with Crippen molar-refractivity contribution in [1.82, 2.24) is 15.1 Å². The molecule has 1 aliphatic heterocycles. The standard InChI is InChI=1S/C24H22Cl2N4O7/c25-17-7-6-15(11-18(17)26)24(35)29-9-8-28(23(34)13-4-5-13)22(29)21(33)27-19(12-20(31)32)14-2-1-3-16(10-14)30(36)37/h1-3,6-7,10-11,13,19,22H,4-5,8-9,12H2,(H,27,33)(H,31,32). The predicted octanol–water partition coefficient (Wildman–Crippen LogP) is 3.25. The SMILES string of the molecule is O=C(O)CC(NC(=O)C1N(C(=O)c2ccc(Cl)c(Cl)c2)CCN1C(=O)C1CC1)c1cccc([N+](=O)[O-])c1. The molecular weight excluding hydrogens is 527 g/mol. The minimum absolute atomic E-state index is 0.0655. The highest BCUT2D eigenvalue weighted by molar-refractivity contribution is 6.42. The molecule has 0 bridgehead atoms. The van der Waals surface area contributed by atoms with Gasteiger partial charge in [0.15, 0.2) is 6.17 Å². The van der Waals surface area contributed by atoms with Gasteiger partial charge >= 0.3 is 5.97 Å². The van der Waals surface area contributed by atoms with Gasteiger partial charge in [-0.25, -0.2) is 0 Å². The van der Waals surface area contributed by atoms with Crippen molar-refractivity contribution in [3.05, 3.63) is 73.8 Å². The number of amides is 3. The quantitative estimate of drug-likeness (QED) is 0.379. The van der Waals surface area contributed by atoms with Crippen LogP contribution in [0, 0.1) is 16.0 Å². The van der Waals surface area contributed by atoms with E-state index in [1.165, 1.54) is 52.3 Å². The first kappa shape index (κ1) is 26.4. The number of nitro groups is 1. The van der Waals surface area contributed by atoms with Crippen molar-refractivity contribution in [1.29, 1.82) is 0 Å². The first-order valence-electron chi connectivity index (χ1n) is 11.4. The number of hydrogen-bond donors (Lipinski definition) is 2. The number of nitrogens with one attached hydrogen (secondary N) is 1. The summed E-state index contributed by atoms with van der Waals surface area (Å²) in [7, 11) is 0. The maximum atomic E-state index is 13.6. The van der Waals surface area contributed by atoms with Gasteiger partial charge in [0.2, 0.25) is 5.91 Å². The summed E-state index contributed by atoms with van der Waals surface area (Å²) in [5.41, 5.74) is 0.0871. The van der Waals surface area contributed by atoms with Gasteiger partial charge < -0.3 is 20.2 Å². The minimum atomic E-state index is -1.34. The molecule has 1 heterocycles. The van der Waals surface area contributed by atoms with E-state index < -0.39 is 41.3 Å². The lowest BCUT2D eigenvalue weighted by Crippen LogP contribution is -2.54. The second-order valence-corrected chi connectivity index (χ2v) is 9.63. The van der Waals surface area contributed by atoms with E-state index in [0.29, 0.717) is 12.8 Å². The second-order valence-electron chi connectivity index (χ2n) is 8.82. The van der Waals surface area contributed by atoms with Crippen LogP contribution in [0.3, 0.4) is 0 Å². The van der Waals surface area contributed by atoms with E-state index in [0.717, 1.165) is 0 Å². The van der Waals surface area contributed by atoms with Crippen molar-refractivity contribution in [2.45, 2.75) is 31.5 Å². The lowest BCUT2D eigenvalue weighted by atomic mass is 10.0. The van der Waals surface area contributed by atoms with Gasteiger partial charge in [-0.1, -0.05) is 35.3 Å². The van der Waals surface area contributed by atoms with Crippen LogP contribution in [0.5, 0.6) is 0 Å². The average molecular weight is 549 g/mol. The number of carbonyl (C=O) groups excluding carboxylic acids is 3. The molecule has 1 saturated carbocycles. The molecule has 2 N–H and O–H groups in total. The molecule has 2 unspecified atom stereocenters. The topological polar surface area (TPSA) is 150 Å². The fraction of sp³-hybridized carbons (Fsp3) is 0.333. The average Bonchev–Trinajstić information content (AvgIpc) is 3.62. The number of rotatable bonds is 8. The third-order valence-corrected chi connectivity index (χ3v) is 6.96. The molecule has 2 aliphatic rings. The normalized spacial score (nSPS) is 17.8. The Balaban J connectivity index is 1.65. The van der Waals surface area contributed by atoms with Gasteiger partial charge in [-0.15, -0.1) is 0 Å². The first-order valence-corrected chi connectivity index (χ1v) is 12.2. The summed E-state index contributed by atoms with van der Waals surface area (Å²) < 4.78 is 0. The van der Waals surface area contributed by atoms with E-state index in [9.17, 15) is 34.4 Å². The van der Waals surface area contributed by atoms with E-state index in [2.05, 4.69) is 5.32 Å². The van der Waals surface area contributed by atoms with Gasteiger partial charge in [0.25, 0.3) is 17.5 Å². The van der Waals surface area contributed by atoms with Crippen LogP contribution < -0.4 is 5.32 Å². The summed E-state index contributed by atoms with van der Waals surface area (Å²) in [4.78, 5) is 64.6. The number of benzene rings is 2. The Labute approximate surface area is 221 Å². The lowest BCUT2D eigenvalue weighted by molar-refractivity contribution is -0.384. The summed E-state index contributed by atoms with van der Waals surface area (Å²) in [5, 5.41) is 23.6. The predicted molar refractivity (Wildman–Crippen MR) is 132 cm³/mol. The molecule has 2 aromatic rings. The van der Waals surface area contributed by atoms with Crippen molar-refractivity contribution in [2.75, 3.05) is 13.1 Å². The molecular formula is C24H22Cl2N4O7. The Morgan fingerprint density at radius 1 is 1.05 bits per heavy atom. The van der Waals surface area contributed by atoms with Crippen LogP contribution in [-0.2, 0) is 14.4 Å². The zero-order valence-electron chi connectivity index (χ0n) is 19.3. The van der Waals surface area contributed by atoms with Crippen LogP contribution in [0.4, 0.5) is 5.69 Å². The summed E-state index contributed by atoms with van der Waals surface area (Å²) in [6, 6.07) is 8.37. The van der Waals surface area contributed by atoms with E-state index >= 15 is 0 Å². The van der Waals surface area contributed by atoms with Crippen LogP contribution in [-0.4, -0.2) is 62.8 Å². The van der Waals surface area contributed by atoms with E-state index in [-0.39, 0.29) is 51.8 Å². The third kappa shape index (κ3) is 5.83. The van der Waals surface area contributed by atoms with E-state index in [1.54, 1.807) is 0 Å². The molecule has 3 amide bonds. The van der Waals surface area contributed by atoms with Crippen molar-refractivity contribution in [2.24, 2.45) is 5.92 Å². The number of aliphatic carboxylic acids is 1. The molecule has 194 valence electrons. The van der Waals surface area contributed by atoms with Crippen LogP contribution in [0.1, 0.15) is 41.2 Å².